The highest BCUT2D eigenvalue weighted by Crippen LogP contribution is 2.20. The molecule has 0 saturated heterocycles. The van der Waals surface area contributed by atoms with E-state index in [9.17, 15) is 0 Å². The summed E-state index contributed by atoms with van der Waals surface area (Å²) in [5, 5.41) is 9.34. The van der Waals surface area contributed by atoms with E-state index in [2.05, 4.69) is 39.6 Å². The number of pyridine rings is 1. The number of rotatable bonds is 5. The third kappa shape index (κ3) is 3.27. The van der Waals surface area contributed by atoms with Crippen LogP contribution >= 0.6 is 11.8 Å². The van der Waals surface area contributed by atoms with Gasteiger partial charge in [0.25, 0.3) is 0 Å². The van der Waals surface area contributed by atoms with Crippen molar-refractivity contribution in [2.45, 2.75) is 17.3 Å². The Morgan fingerprint density at radius 2 is 1.83 bits per heavy atom. The Balaban J connectivity index is 1.43. The van der Waals surface area contributed by atoms with Gasteiger partial charge in [-0.25, -0.2) is 9.67 Å². The predicted molar refractivity (Wildman–Crippen MR) is 90.3 cm³/mol. The Labute approximate surface area is 138 Å². The van der Waals surface area contributed by atoms with Crippen LogP contribution in [0.15, 0.2) is 72.1 Å². The average Bonchev–Trinajstić information content (AvgIpc) is 3.20. The van der Waals surface area contributed by atoms with E-state index in [4.69, 9.17) is 0 Å². The zero-order valence-electron chi connectivity index (χ0n) is 12.4. The molecule has 0 unspecified atom stereocenters. The van der Waals surface area contributed by atoms with E-state index in [1.807, 2.05) is 51.9 Å². The smallest absolute Gasteiger partial charge is 0.139 e. The zero-order valence-corrected chi connectivity index (χ0v) is 13.2. The Kier molecular flexibility index (Phi) is 3.81. The fourth-order valence-corrected chi connectivity index (χ4v) is 3.18. The minimum atomic E-state index is 0.626. The van der Waals surface area contributed by atoms with Crippen molar-refractivity contribution in [2.75, 3.05) is 0 Å². The summed E-state index contributed by atoms with van der Waals surface area (Å²) in [6, 6.07) is 16.3. The van der Waals surface area contributed by atoms with Crippen molar-refractivity contribution in [1.82, 2.24) is 24.4 Å². The first-order valence-electron chi connectivity index (χ1n) is 7.36. The number of hydrogen-bond donors (Lipinski definition) is 0. The van der Waals surface area contributed by atoms with Crippen LogP contribution in [0.2, 0.25) is 0 Å². The van der Waals surface area contributed by atoms with Gasteiger partial charge >= 0.3 is 0 Å². The fourth-order valence-electron chi connectivity index (χ4n) is 2.38. The van der Waals surface area contributed by atoms with Gasteiger partial charge in [0, 0.05) is 18.1 Å². The van der Waals surface area contributed by atoms with E-state index in [0.717, 1.165) is 22.1 Å². The number of fused-ring (bicyclic) bond motifs is 1. The molecule has 5 nitrogen and oxygen atoms in total. The summed E-state index contributed by atoms with van der Waals surface area (Å²) in [7, 11) is 0. The lowest BCUT2D eigenvalue weighted by atomic mass is 10.2. The lowest BCUT2D eigenvalue weighted by Gasteiger charge is -1.97. The highest BCUT2D eigenvalue weighted by atomic mass is 32.2. The lowest BCUT2D eigenvalue weighted by molar-refractivity contribution is 0.640. The van der Waals surface area contributed by atoms with Crippen molar-refractivity contribution in [3.05, 3.63) is 78.4 Å². The second-order valence-corrected chi connectivity index (χ2v) is 6.22. The summed E-state index contributed by atoms with van der Waals surface area (Å²) in [4.78, 5) is 4.58. The molecule has 0 saturated carbocycles. The van der Waals surface area contributed by atoms with Crippen molar-refractivity contribution in [2.24, 2.45) is 0 Å². The van der Waals surface area contributed by atoms with Gasteiger partial charge in [0.2, 0.25) is 0 Å². The highest BCUT2D eigenvalue weighted by Gasteiger charge is 2.06. The molecule has 3 aromatic heterocycles. The fraction of sp³-hybridized carbons (Fsp3) is 0.118. The maximum atomic E-state index is 4.58. The summed E-state index contributed by atoms with van der Waals surface area (Å²) >= 11 is 1.69. The highest BCUT2D eigenvalue weighted by molar-refractivity contribution is 7.98. The van der Waals surface area contributed by atoms with Crippen molar-refractivity contribution in [1.29, 1.82) is 0 Å². The predicted octanol–water partition coefficient (Wildman–Crippen LogP) is 3.27. The first-order valence-corrected chi connectivity index (χ1v) is 8.35. The van der Waals surface area contributed by atoms with Crippen LogP contribution in [0.25, 0.3) is 5.65 Å². The van der Waals surface area contributed by atoms with E-state index < -0.39 is 0 Å². The van der Waals surface area contributed by atoms with Crippen molar-refractivity contribution >= 4 is 17.4 Å². The second kappa shape index (κ2) is 6.26. The minimum absolute atomic E-state index is 0.626. The number of nitrogens with zero attached hydrogens (tertiary/aromatic N) is 5. The van der Waals surface area contributed by atoms with Crippen LogP contribution in [0.4, 0.5) is 0 Å². The third-order valence-electron chi connectivity index (χ3n) is 3.49. The van der Waals surface area contributed by atoms with Gasteiger partial charge in [-0.3, -0.25) is 0 Å². The first kappa shape index (κ1) is 14.0. The SMILES string of the molecule is c1ccc(CSc2cn(Cc3cn4ccccc4n3)nn2)cc1. The molecule has 114 valence electrons. The van der Waals surface area contributed by atoms with Crippen molar-refractivity contribution < 1.29 is 0 Å². The summed E-state index contributed by atoms with van der Waals surface area (Å²) < 4.78 is 3.84. The maximum absolute atomic E-state index is 4.58. The van der Waals surface area contributed by atoms with E-state index in [1.54, 1.807) is 11.8 Å². The Bertz CT molecular complexity index is 880. The molecule has 0 bridgehead atoms. The second-order valence-electron chi connectivity index (χ2n) is 5.23. The molecule has 4 rings (SSSR count). The van der Waals surface area contributed by atoms with Crippen LogP contribution in [-0.4, -0.2) is 24.4 Å². The quantitative estimate of drug-likeness (QED) is 0.529. The molecule has 3 heterocycles. The van der Waals surface area contributed by atoms with Gasteiger partial charge in [-0.2, -0.15) is 0 Å². The Morgan fingerprint density at radius 3 is 2.70 bits per heavy atom. The third-order valence-corrected chi connectivity index (χ3v) is 4.45. The Hall–Kier alpha value is -2.60. The molecule has 0 atom stereocenters. The Morgan fingerprint density at radius 1 is 0.957 bits per heavy atom. The molecule has 4 aromatic rings. The minimum Gasteiger partial charge on any atom is -0.307 e. The number of hydrogen-bond acceptors (Lipinski definition) is 4. The molecule has 0 N–H and O–H groups in total. The number of aromatic nitrogens is 5. The molecule has 0 amide bonds. The summed E-state index contributed by atoms with van der Waals surface area (Å²) in [5.74, 6) is 0.897. The molecular weight excluding hydrogens is 306 g/mol. The first-order chi connectivity index (χ1) is 11.4. The lowest BCUT2D eigenvalue weighted by Crippen LogP contribution is -2.00. The van der Waals surface area contributed by atoms with Crippen molar-refractivity contribution in [3.8, 4) is 0 Å². The number of imidazole rings is 1. The molecule has 0 aliphatic heterocycles. The van der Waals surface area contributed by atoms with E-state index in [0.29, 0.717) is 6.54 Å². The molecule has 0 aliphatic carbocycles. The zero-order chi connectivity index (χ0) is 15.5. The maximum Gasteiger partial charge on any atom is 0.139 e. The standard InChI is InChI=1S/C17H15N5S/c1-2-6-14(7-3-1)13-23-17-12-22(20-19-17)11-15-10-21-9-5-4-8-16(21)18-15/h1-10,12H,11,13H2. The van der Waals surface area contributed by atoms with E-state index >= 15 is 0 Å². The van der Waals surface area contributed by atoms with Gasteiger partial charge in [-0.15, -0.1) is 5.10 Å². The summed E-state index contributed by atoms with van der Waals surface area (Å²) in [6.45, 7) is 0.626. The van der Waals surface area contributed by atoms with Crippen LogP contribution in [0.3, 0.4) is 0 Å². The summed E-state index contributed by atoms with van der Waals surface area (Å²) in [6.07, 6.45) is 5.99. The van der Waals surface area contributed by atoms with Crippen molar-refractivity contribution in [3.63, 3.8) is 0 Å². The van der Waals surface area contributed by atoms with E-state index in [1.165, 1.54) is 5.56 Å². The molecule has 1 aromatic carbocycles. The monoisotopic (exact) mass is 321 g/mol. The van der Waals surface area contributed by atoms with Crippen LogP contribution in [0.1, 0.15) is 11.3 Å². The molecule has 6 heteroatoms. The normalized spacial score (nSPS) is 11.1. The molecular formula is C17H15N5S. The van der Waals surface area contributed by atoms with Gasteiger partial charge in [0.1, 0.15) is 10.7 Å². The molecule has 0 radical (unpaired) electrons. The van der Waals surface area contributed by atoms with Gasteiger partial charge in [0.15, 0.2) is 0 Å². The topological polar surface area (TPSA) is 48.0 Å². The number of benzene rings is 1. The van der Waals surface area contributed by atoms with Gasteiger partial charge in [0.05, 0.1) is 18.4 Å². The largest absolute Gasteiger partial charge is 0.307 e. The molecule has 23 heavy (non-hydrogen) atoms. The average molecular weight is 321 g/mol. The van der Waals surface area contributed by atoms with Gasteiger partial charge < -0.3 is 4.40 Å². The van der Waals surface area contributed by atoms with Crippen LogP contribution in [0.5, 0.6) is 0 Å². The molecule has 0 aliphatic rings. The van der Waals surface area contributed by atoms with Gasteiger partial charge in [-0.1, -0.05) is 53.4 Å². The van der Waals surface area contributed by atoms with E-state index in [-0.39, 0.29) is 0 Å². The summed E-state index contributed by atoms with van der Waals surface area (Å²) in [5.41, 5.74) is 3.20. The molecule has 0 spiro atoms. The molecule has 0 fully saturated rings. The van der Waals surface area contributed by atoms with Gasteiger partial charge in [-0.05, 0) is 17.7 Å². The van der Waals surface area contributed by atoms with Crippen LogP contribution in [0, 0.1) is 0 Å². The number of thioether (sulfide) groups is 1. The van der Waals surface area contributed by atoms with Crippen LogP contribution in [-0.2, 0) is 12.3 Å². The van der Waals surface area contributed by atoms with Crippen LogP contribution < -0.4 is 0 Å².